The molecule has 29 heavy (non-hydrogen) atoms. The molecule has 5 heteroatoms. The summed E-state index contributed by atoms with van der Waals surface area (Å²) in [6.07, 6.45) is 1.82. The number of nitrogens with one attached hydrogen (secondary N) is 1. The van der Waals surface area contributed by atoms with Crippen molar-refractivity contribution < 1.29 is 14.3 Å². The molecule has 5 nitrogen and oxygen atoms in total. The highest BCUT2D eigenvalue weighted by Crippen LogP contribution is 2.32. The molecule has 1 saturated heterocycles. The number of carbonyl (C=O) groups is 1. The van der Waals surface area contributed by atoms with Gasteiger partial charge in [-0.1, -0.05) is 35.9 Å². The van der Waals surface area contributed by atoms with E-state index in [0.717, 1.165) is 49.5 Å². The minimum absolute atomic E-state index is 0.0519. The quantitative estimate of drug-likeness (QED) is 0.837. The first kappa shape index (κ1) is 19.8. The van der Waals surface area contributed by atoms with E-state index in [1.54, 1.807) is 0 Å². The zero-order chi connectivity index (χ0) is 20.2. The monoisotopic (exact) mass is 394 g/mol. The summed E-state index contributed by atoms with van der Waals surface area (Å²) in [5.74, 6) is 1.78. The number of likely N-dealkylation sites (tertiary alicyclic amines) is 1. The molecule has 2 aliphatic heterocycles. The van der Waals surface area contributed by atoms with Crippen LogP contribution in [0.5, 0.6) is 11.5 Å². The third-order valence-electron chi connectivity index (χ3n) is 5.91. The van der Waals surface area contributed by atoms with Crippen molar-refractivity contribution in [2.24, 2.45) is 5.92 Å². The number of hydrogen-bond acceptors (Lipinski definition) is 4. The Hall–Kier alpha value is -2.53. The fraction of sp³-hybridized carbons (Fsp3) is 0.458. The van der Waals surface area contributed by atoms with E-state index in [1.165, 1.54) is 11.1 Å². The minimum Gasteiger partial charge on any atom is -0.486 e. The number of benzene rings is 2. The predicted molar refractivity (Wildman–Crippen MR) is 113 cm³/mol. The standard InChI is InChI=1S/C24H30N2O3/c1-17-3-5-19(6-4-17)16-26-11-9-20(10-12-26)24(27)25-18(2)21-7-8-22-23(15-21)29-14-13-28-22/h3-8,15,18,20H,9-14,16H2,1-2H3,(H,25,27)/t18-/m1/s1. The summed E-state index contributed by atoms with van der Waals surface area (Å²) in [5, 5.41) is 3.19. The van der Waals surface area contributed by atoms with Gasteiger partial charge in [0.1, 0.15) is 13.2 Å². The molecule has 1 amide bonds. The van der Waals surface area contributed by atoms with Gasteiger partial charge >= 0.3 is 0 Å². The molecule has 0 aromatic heterocycles. The Morgan fingerprint density at radius 2 is 1.76 bits per heavy atom. The molecule has 1 N–H and O–H groups in total. The molecule has 2 aliphatic rings. The van der Waals surface area contributed by atoms with Crippen LogP contribution < -0.4 is 14.8 Å². The van der Waals surface area contributed by atoms with Gasteiger partial charge in [-0.3, -0.25) is 9.69 Å². The van der Waals surface area contributed by atoms with Gasteiger partial charge in [0.25, 0.3) is 0 Å². The molecule has 154 valence electrons. The first-order valence-electron chi connectivity index (χ1n) is 10.6. The summed E-state index contributed by atoms with van der Waals surface area (Å²) in [6, 6.07) is 14.6. The number of hydrogen-bond donors (Lipinski definition) is 1. The Bertz CT molecular complexity index is 842. The molecule has 0 unspecified atom stereocenters. The number of aryl methyl sites for hydroxylation is 1. The highest BCUT2D eigenvalue weighted by molar-refractivity contribution is 5.79. The van der Waals surface area contributed by atoms with Crippen molar-refractivity contribution in [3.8, 4) is 11.5 Å². The lowest BCUT2D eigenvalue weighted by molar-refractivity contribution is -0.127. The van der Waals surface area contributed by atoms with Crippen LogP contribution in [0.15, 0.2) is 42.5 Å². The van der Waals surface area contributed by atoms with E-state index in [-0.39, 0.29) is 17.9 Å². The van der Waals surface area contributed by atoms with Crippen LogP contribution in [0, 0.1) is 12.8 Å². The van der Waals surface area contributed by atoms with Crippen molar-refractivity contribution in [1.29, 1.82) is 0 Å². The molecular weight excluding hydrogens is 364 g/mol. The maximum atomic E-state index is 12.8. The normalized spacial score (nSPS) is 18.3. The van der Waals surface area contributed by atoms with Crippen LogP contribution in [0.1, 0.15) is 42.5 Å². The Balaban J connectivity index is 1.27. The largest absolute Gasteiger partial charge is 0.486 e. The number of fused-ring (bicyclic) bond motifs is 1. The Morgan fingerprint density at radius 1 is 1.07 bits per heavy atom. The van der Waals surface area contributed by atoms with E-state index < -0.39 is 0 Å². The lowest BCUT2D eigenvalue weighted by Crippen LogP contribution is -2.40. The van der Waals surface area contributed by atoms with Gasteiger partial charge in [-0.25, -0.2) is 0 Å². The van der Waals surface area contributed by atoms with Crippen molar-refractivity contribution in [1.82, 2.24) is 10.2 Å². The molecule has 0 radical (unpaired) electrons. The number of nitrogens with zero attached hydrogens (tertiary/aromatic N) is 1. The fourth-order valence-corrected chi connectivity index (χ4v) is 4.05. The molecule has 2 aromatic carbocycles. The molecule has 1 fully saturated rings. The smallest absolute Gasteiger partial charge is 0.223 e. The molecule has 0 bridgehead atoms. The van der Waals surface area contributed by atoms with E-state index in [2.05, 4.69) is 41.4 Å². The Labute approximate surface area is 173 Å². The van der Waals surface area contributed by atoms with Crippen LogP contribution in [0.3, 0.4) is 0 Å². The molecule has 0 aliphatic carbocycles. The number of ether oxygens (including phenoxy) is 2. The first-order valence-corrected chi connectivity index (χ1v) is 10.6. The molecule has 2 aromatic rings. The second-order valence-corrected chi connectivity index (χ2v) is 8.17. The average molecular weight is 395 g/mol. The maximum absolute atomic E-state index is 12.8. The topological polar surface area (TPSA) is 50.8 Å². The Kier molecular flexibility index (Phi) is 6.05. The lowest BCUT2D eigenvalue weighted by Gasteiger charge is -2.32. The number of carbonyl (C=O) groups excluding carboxylic acids is 1. The van der Waals surface area contributed by atoms with Crippen molar-refractivity contribution in [2.45, 2.75) is 39.3 Å². The van der Waals surface area contributed by atoms with Crippen LogP contribution in [0.4, 0.5) is 0 Å². The number of amides is 1. The SMILES string of the molecule is Cc1ccc(CN2CCC(C(=O)N[C@H](C)c3ccc4c(c3)OCCO4)CC2)cc1. The third kappa shape index (κ3) is 4.91. The van der Waals surface area contributed by atoms with Gasteiger partial charge < -0.3 is 14.8 Å². The fourth-order valence-electron chi connectivity index (χ4n) is 4.05. The van der Waals surface area contributed by atoms with Crippen LogP contribution >= 0.6 is 0 Å². The third-order valence-corrected chi connectivity index (χ3v) is 5.91. The molecule has 4 rings (SSSR count). The van der Waals surface area contributed by atoms with Gasteiger partial charge in [-0.2, -0.15) is 0 Å². The highest BCUT2D eigenvalue weighted by Gasteiger charge is 2.26. The van der Waals surface area contributed by atoms with Crippen molar-refractivity contribution >= 4 is 5.91 Å². The van der Waals surface area contributed by atoms with Crippen molar-refractivity contribution in [2.75, 3.05) is 26.3 Å². The Morgan fingerprint density at radius 3 is 2.48 bits per heavy atom. The van der Waals surface area contributed by atoms with Gasteiger partial charge in [-0.05, 0) is 63.0 Å². The first-order chi connectivity index (χ1) is 14.1. The summed E-state index contributed by atoms with van der Waals surface area (Å²) < 4.78 is 11.2. The average Bonchev–Trinajstić information content (AvgIpc) is 2.75. The van der Waals surface area contributed by atoms with E-state index in [1.807, 2.05) is 25.1 Å². The zero-order valence-corrected chi connectivity index (χ0v) is 17.3. The van der Waals surface area contributed by atoms with Crippen LogP contribution in [0.25, 0.3) is 0 Å². The summed E-state index contributed by atoms with van der Waals surface area (Å²) in [6.45, 7) is 8.17. The predicted octanol–water partition coefficient (Wildman–Crippen LogP) is 3.86. The molecule has 1 atom stereocenters. The van der Waals surface area contributed by atoms with Crippen LogP contribution in [-0.4, -0.2) is 37.1 Å². The molecular formula is C24H30N2O3. The van der Waals surface area contributed by atoms with E-state index in [4.69, 9.17) is 9.47 Å². The summed E-state index contributed by atoms with van der Waals surface area (Å²) >= 11 is 0. The molecule has 0 saturated carbocycles. The second kappa shape index (κ2) is 8.87. The van der Waals surface area contributed by atoms with Crippen molar-refractivity contribution in [3.63, 3.8) is 0 Å². The van der Waals surface area contributed by atoms with Gasteiger partial charge in [0, 0.05) is 12.5 Å². The van der Waals surface area contributed by atoms with E-state index >= 15 is 0 Å². The maximum Gasteiger partial charge on any atom is 0.223 e. The van der Waals surface area contributed by atoms with Gasteiger partial charge in [0.15, 0.2) is 11.5 Å². The number of piperidine rings is 1. The number of rotatable bonds is 5. The molecule has 2 heterocycles. The minimum atomic E-state index is -0.0519. The zero-order valence-electron chi connectivity index (χ0n) is 17.3. The van der Waals surface area contributed by atoms with Crippen molar-refractivity contribution in [3.05, 3.63) is 59.2 Å². The highest BCUT2D eigenvalue weighted by atomic mass is 16.6. The van der Waals surface area contributed by atoms with Crippen LogP contribution in [0.2, 0.25) is 0 Å². The molecule has 0 spiro atoms. The van der Waals surface area contributed by atoms with Gasteiger partial charge in [-0.15, -0.1) is 0 Å². The van der Waals surface area contributed by atoms with Gasteiger partial charge in [0.05, 0.1) is 6.04 Å². The summed E-state index contributed by atoms with van der Waals surface area (Å²) in [5.41, 5.74) is 3.67. The second-order valence-electron chi connectivity index (χ2n) is 8.17. The van der Waals surface area contributed by atoms with E-state index in [9.17, 15) is 4.79 Å². The van der Waals surface area contributed by atoms with Gasteiger partial charge in [0.2, 0.25) is 5.91 Å². The summed E-state index contributed by atoms with van der Waals surface area (Å²) in [4.78, 5) is 15.2. The summed E-state index contributed by atoms with van der Waals surface area (Å²) in [7, 11) is 0. The van der Waals surface area contributed by atoms with Crippen LogP contribution in [-0.2, 0) is 11.3 Å². The van der Waals surface area contributed by atoms with E-state index in [0.29, 0.717) is 13.2 Å². The lowest BCUT2D eigenvalue weighted by atomic mass is 9.94.